The van der Waals surface area contributed by atoms with Crippen LogP contribution in [-0.4, -0.2) is 41.3 Å². The molecule has 0 unspecified atom stereocenters. The topological polar surface area (TPSA) is 66.8 Å². The number of likely N-dealkylation sites (tertiary alicyclic amines) is 1. The van der Waals surface area contributed by atoms with E-state index < -0.39 is 6.09 Å². The van der Waals surface area contributed by atoms with E-state index in [1.165, 1.54) is 4.90 Å². The minimum Gasteiger partial charge on any atom is -0.465 e. The van der Waals surface area contributed by atoms with Crippen LogP contribution in [0.3, 0.4) is 0 Å². The molecule has 1 amide bonds. The number of esters is 1. The number of piperidine rings is 1. The SMILES string of the molecule is CCC(=O)O[C@H]1CCCN(C(=O)O)C1. The number of carboxylic acid groups (broad SMARTS) is 1. The molecule has 1 saturated heterocycles. The third-order valence-corrected chi connectivity index (χ3v) is 2.24. The van der Waals surface area contributed by atoms with Crippen molar-refractivity contribution in [3.8, 4) is 0 Å². The number of hydrogen-bond acceptors (Lipinski definition) is 3. The highest BCUT2D eigenvalue weighted by atomic mass is 16.5. The lowest BCUT2D eigenvalue weighted by Gasteiger charge is -2.30. The number of nitrogens with zero attached hydrogens (tertiary/aromatic N) is 1. The van der Waals surface area contributed by atoms with Crippen LogP contribution in [0.4, 0.5) is 4.79 Å². The zero-order valence-corrected chi connectivity index (χ0v) is 8.23. The van der Waals surface area contributed by atoms with Gasteiger partial charge < -0.3 is 14.7 Å². The van der Waals surface area contributed by atoms with Gasteiger partial charge >= 0.3 is 12.1 Å². The van der Waals surface area contributed by atoms with Crippen molar-refractivity contribution in [3.05, 3.63) is 0 Å². The van der Waals surface area contributed by atoms with Gasteiger partial charge in [0, 0.05) is 13.0 Å². The molecule has 0 aromatic heterocycles. The number of carbonyl (C=O) groups is 2. The van der Waals surface area contributed by atoms with E-state index in [1.54, 1.807) is 6.92 Å². The maximum Gasteiger partial charge on any atom is 0.407 e. The van der Waals surface area contributed by atoms with Crippen LogP contribution in [0.15, 0.2) is 0 Å². The summed E-state index contributed by atoms with van der Waals surface area (Å²) in [5, 5.41) is 8.73. The molecule has 1 atom stereocenters. The Kier molecular flexibility index (Phi) is 3.73. The average molecular weight is 201 g/mol. The summed E-state index contributed by atoms with van der Waals surface area (Å²) in [7, 11) is 0. The van der Waals surface area contributed by atoms with Crippen molar-refractivity contribution in [3.63, 3.8) is 0 Å². The maximum absolute atomic E-state index is 11.0. The first-order valence-electron chi connectivity index (χ1n) is 4.80. The lowest BCUT2D eigenvalue weighted by atomic mass is 10.1. The molecule has 1 fully saturated rings. The van der Waals surface area contributed by atoms with Crippen LogP contribution in [-0.2, 0) is 9.53 Å². The van der Waals surface area contributed by atoms with Gasteiger partial charge in [0.1, 0.15) is 6.10 Å². The molecule has 1 aliphatic heterocycles. The molecule has 0 aromatic rings. The Hall–Kier alpha value is -1.26. The molecule has 1 rings (SSSR count). The summed E-state index contributed by atoms with van der Waals surface area (Å²) in [4.78, 5) is 22.9. The Morgan fingerprint density at radius 3 is 2.86 bits per heavy atom. The van der Waals surface area contributed by atoms with Crippen molar-refractivity contribution in [1.82, 2.24) is 4.90 Å². The van der Waals surface area contributed by atoms with E-state index in [9.17, 15) is 9.59 Å². The molecule has 0 aromatic carbocycles. The number of carbonyl (C=O) groups excluding carboxylic acids is 1. The number of rotatable bonds is 2. The maximum atomic E-state index is 11.0. The van der Waals surface area contributed by atoms with Gasteiger partial charge in [0.25, 0.3) is 0 Å². The first-order chi connectivity index (χ1) is 6.63. The highest BCUT2D eigenvalue weighted by Gasteiger charge is 2.25. The second-order valence-corrected chi connectivity index (χ2v) is 3.34. The molecule has 0 radical (unpaired) electrons. The average Bonchev–Trinajstić information content (AvgIpc) is 2.18. The second-order valence-electron chi connectivity index (χ2n) is 3.34. The predicted molar refractivity (Wildman–Crippen MR) is 49.0 cm³/mol. The molecule has 0 spiro atoms. The van der Waals surface area contributed by atoms with Crippen LogP contribution in [0, 0.1) is 0 Å². The molecule has 0 saturated carbocycles. The fourth-order valence-corrected chi connectivity index (χ4v) is 1.48. The minimum atomic E-state index is -0.942. The Morgan fingerprint density at radius 1 is 1.57 bits per heavy atom. The van der Waals surface area contributed by atoms with Crippen molar-refractivity contribution in [2.24, 2.45) is 0 Å². The number of amides is 1. The fourth-order valence-electron chi connectivity index (χ4n) is 1.48. The van der Waals surface area contributed by atoms with Crippen molar-refractivity contribution in [2.75, 3.05) is 13.1 Å². The van der Waals surface area contributed by atoms with E-state index in [0.29, 0.717) is 19.5 Å². The standard InChI is InChI=1S/C9H15NO4/c1-2-8(11)14-7-4-3-5-10(6-7)9(12)13/h7H,2-6H2,1H3,(H,12,13)/t7-/m0/s1. The summed E-state index contributed by atoms with van der Waals surface area (Å²) in [6.45, 7) is 2.57. The van der Waals surface area contributed by atoms with Gasteiger partial charge in [-0.15, -0.1) is 0 Å². The molecule has 1 aliphatic rings. The normalized spacial score (nSPS) is 21.8. The van der Waals surface area contributed by atoms with E-state index in [-0.39, 0.29) is 12.1 Å². The molecule has 14 heavy (non-hydrogen) atoms. The fraction of sp³-hybridized carbons (Fsp3) is 0.778. The van der Waals surface area contributed by atoms with Crippen LogP contribution >= 0.6 is 0 Å². The molecule has 1 heterocycles. The summed E-state index contributed by atoms with van der Waals surface area (Å²) in [5.74, 6) is -0.262. The van der Waals surface area contributed by atoms with Gasteiger partial charge in [-0.3, -0.25) is 4.79 Å². The molecule has 0 aliphatic carbocycles. The van der Waals surface area contributed by atoms with Gasteiger partial charge in [-0.05, 0) is 12.8 Å². The van der Waals surface area contributed by atoms with Crippen molar-refractivity contribution in [2.45, 2.75) is 32.3 Å². The van der Waals surface area contributed by atoms with Crippen molar-refractivity contribution >= 4 is 12.1 Å². The highest BCUT2D eigenvalue weighted by molar-refractivity contribution is 5.69. The summed E-state index contributed by atoms with van der Waals surface area (Å²) < 4.78 is 5.08. The van der Waals surface area contributed by atoms with Crippen LogP contribution in [0.1, 0.15) is 26.2 Å². The first-order valence-corrected chi connectivity index (χ1v) is 4.80. The predicted octanol–water partition coefficient (Wildman–Crippen LogP) is 1.08. The molecular weight excluding hydrogens is 186 g/mol. The van der Waals surface area contributed by atoms with Crippen LogP contribution in [0.25, 0.3) is 0 Å². The number of hydrogen-bond donors (Lipinski definition) is 1. The zero-order valence-electron chi connectivity index (χ0n) is 8.23. The van der Waals surface area contributed by atoms with E-state index in [2.05, 4.69) is 0 Å². The summed E-state index contributed by atoms with van der Waals surface area (Å²) >= 11 is 0. The first kappa shape index (κ1) is 10.8. The van der Waals surface area contributed by atoms with Crippen molar-refractivity contribution < 1.29 is 19.4 Å². The van der Waals surface area contributed by atoms with Crippen LogP contribution < -0.4 is 0 Å². The summed E-state index contributed by atoms with van der Waals surface area (Å²) in [5.41, 5.74) is 0. The van der Waals surface area contributed by atoms with Crippen LogP contribution in [0.2, 0.25) is 0 Å². The van der Waals surface area contributed by atoms with Gasteiger partial charge in [-0.2, -0.15) is 0 Å². The zero-order chi connectivity index (χ0) is 10.6. The lowest BCUT2D eigenvalue weighted by Crippen LogP contribution is -2.43. The Labute approximate surface area is 82.6 Å². The third-order valence-electron chi connectivity index (χ3n) is 2.24. The lowest BCUT2D eigenvalue weighted by molar-refractivity contribution is -0.150. The van der Waals surface area contributed by atoms with E-state index in [0.717, 1.165) is 12.8 Å². The Bertz CT molecular complexity index is 229. The quantitative estimate of drug-likeness (QED) is 0.679. The van der Waals surface area contributed by atoms with Gasteiger partial charge in [0.05, 0.1) is 6.54 Å². The van der Waals surface area contributed by atoms with E-state index in [1.807, 2.05) is 0 Å². The monoisotopic (exact) mass is 201 g/mol. The largest absolute Gasteiger partial charge is 0.465 e. The molecule has 1 N–H and O–H groups in total. The molecule has 5 heteroatoms. The van der Waals surface area contributed by atoms with E-state index >= 15 is 0 Å². The summed E-state index contributed by atoms with van der Waals surface area (Å²) in [6, 6.07) is 0. The third kappa shape index (κ3) is 2.90. The van der Waals surface area contributed by atoms with Gasteiger partial charge in [-0.1, -0.05) is 6.92 Å². The van der Waals surface area contributed by atoms with Gasteiger partial charge in [0.2, 0.25) is 0 Å². The smallest absolute Gasteiger partial charge is 0.407 e. The van der Waals surface area contributed by atoms with Crippen molar-refractivity contribution in [1.29, 1.82) is 0 Å². The molecule has 0 bridgehead atoms. The molecular formula is C9H15NO4. The Balaban J connectivity index is 2.40. The van der Waals surface area contributed by atoms with Crippen LogP contribution in [0.5, 0.6) is 0 Å². The molecule has 5 nitrogen and oxygen atoms in total. The Morgan fingerprint density at radius 2 is 2.29 bits per heavy atom. The van der Waals surface area contributed by atoms with Gasteiger partial charge in [0.15, 0.2) is 0 Å². The summed E-state index contributed by atoms with van der Waals surface area (Å²) in [6.07, 6.45) is 0.655. The highest BCUT2D eigenvalue weighted by Crippen LogP contribution is 2.13. The van der Waals surface area contributed by atoms with Gasteiger partial charge in [-0.25, -0.2) is 4.79 Å². The molecule has 80 valence electrons. The minimum absolute atomic E-state index is 0.257. The number of ether oxygens (including phenoxy) is 1. The second kappa shape index (κ2) is 4.83. The van der Waals surface area contributed by atoms with E-state index in [4.69, 9.17) is 9.84 Å².